The highest BCUT2D eigenvalue weighted by atomic mass is 16.1. The number of nitrogens with two attached hydrogens (primary N) is 1. The number of benzene rings is 2. The van der Waals surface area contributed by atoms with Gasteiger partial charge in [-0.3, -0.25) is 4.79 Å². The van der Waals surface area contributed by atoms with Crippen LogP contribution in [-0.2, 0) is 17.6 Å². The second-order valence-electron chi connectivity index (χ2n) is 4.45. The second kappa shape index (κ2) is 6.01. The molecule has 0 bridgehead atoms. The molecule has 0 unspecified atom stereocenters. The molecule has 0 spiro atoms. The fourth-order valence-electron chi connectivity index (χ4n) is 1.92. The van der Waals surface area contributed by atoms with Gasteiger partial charge in [0.15, 0.2) is 0 Å². The molecule has 2 rings (SSSR count). The molecule has 0 aliphatic rings. The monoisotopic (exact) mass is 239 g/mol. The van der Waals surface area contributed by atoms with Crippen LogP contribution in [0.15, 0.2) is 54.6 Å². The molecule has 2 aromatic carbocycles. The van der Waals surface area contributed by atoms with Gasteiger partial charge in [0.05, 0.1) is 0 Å². The van der Waals surface area contributed by atoms with E-state index in [2.05, 4.69) is 48.5 Å². The van der Waals surface area contributed by atoms with Crippen molar-refractivity contribution in [3.05, 3.63) is 71.3 Å². The van der Waals surface area contributed by atoms with E-state index in [4.69, 9.17) is 5.73 Å². The summed E-state index contributed by atoms with van der Waals surface area (Å²) in [6.07, 6.45) is 2.08. The van der Waals surface area contributed by atoms with Gasteiger partial charge in [-0.1, -0.05) is 54.6 Å². The van der Waals surface area contributed by atoms with Crippen molar-refractivity contribution >= 4 is 5.91 Å². The number of aryl methyl sites for hydroxylation is 1. The van der Waals surface area contributed by atoms with Gasteiger partial charge in [0, 0.05) is 6.42 Å². The minimum Gasteiger partial charge on any atom is -0.370 e. The first-order valence-electron chi connectivity index (χ1n) is 6.14. The summed E-state index contributed by atoms with van der Waals surface area (Å²) >= 11 is 0. The first kappa shape index (κ1) is 12.4. The van der Waals surface area contributed by atoms with E-state index >= 15 is 0 Å². The van der Waals surface area contributed by atoms with Crippen molar-refractivity contribution < 1.29 is 4.79 Å². The summed E-state index contributed by atoms with van der Waals surface area (Å²) in [5.74, 6) is -0.247. The van der Waals surface area contributed by atoms with Gasteiger partial charge in [-0.15, -0.1) is 0 Å². The maximum atomic E-state index is 10.7. The van der Waals surface area contributed by atoms with Crippen molar-refractivity contribution in [2.45, 2.75) is 19.3 Å². The maximum Gasteiger partial charge on any atom is 0.217 e. The molecule has 2 aromatic rings. The van der Waals surface area contributed by atoms with E-state index in [1.807, 2.05) is 6.07 Å². The molecule has 2 heteroatoms. The van der Waals surface area contributed by atoms with Crippen molar-refractivity contribution in [2.24, 2.45) is 5.73 Å². The van der Waals surface area contributed by atoms with Gasteiger partial charge < -0.3 is 5.73 Å². The van der Waals surface area contributed by atoms with Crippen molar-refractivity contribution in [3.8, 4) is 0 Å². The van der Waals surface area contributed by atoms with Crippen LogP contribution in [0.25, 0.3) is 0 Å². The van der Waals surface area contributed by atoms with Crippen LogP contribution in [0, 0.1) is 0 Å². The van der Waals surface area contributed by atoms with Gasteiger partial charge in [-0.05, 0) is 29.5 Å². The molecule has 0 saturated heterocycles. The third-order valence-corrected chi connectivity index (χ3v) is 2.93. The normalized spacial score (nSPS) is 10.2. The number of carbonyl (C=O) groups is 1. The zero-order valence-electron chi connectivity index (χ0n) is 10.3. The van der Waals surface area contributed by atoms with E-state index in [-0.39, 0.29) is 5.91 Å². The minimum absolute atomic E-state index is 0.247. The Morgan fingerprint density at radius 2 is 1.39 bits per heavy atom. The smallest absolute Gasteiger partial charge is 0.217 e. The van der Waals surface area contributed by atoms with Crippen molar-refractivity contribution in [2.75, 3.05) is 0 Å². The lowest BCUT2D eigenvalue weighted by Gasteiger charge is -2.04. The van der Waals surface area contributed by atoms with Crippen LogP contribution < -0.4 is 5.73 Å². The van der Waals surface area contributed by atoms with Crippen molar-refractivity contribution in [3.63, 3.8) is 0 Å². The average Bonchev–Trinajstić information content (AvgIpc) is 2.39. The summed E-state index contributed by atoms with van der Waals surface area (Å²) in [5.41, 5.74) is 8.88. The first-order valence-corrected chi connectivity index (χ1v) is 6.14. The van der Waals surface area contributed by atoms with Crippen molar-refractivity contribution in [1.29, 1.82) is 0 Å². The quantitative estimate of drug-likeness (QED) is 0.856. The van der Waals surface area contributed by atoms with E-state index < -0.39 is 0 Å². The van der Waals surface area contributed by atoms with E-state index in [9.17, 15) is 4.79 Å². The van der Waals surface area contributed by atoms with Crippen LogP contribution in [0.4, 0.5) is 0 Å². The van der Waals surface area contributed by atoms with Crippen molar-refractivity contribution in [1.82, 2.24) is 0 Å². The fourth-order valence-corrected chi connectivity index (χ4v) is 1.92. The maximum absolute atomic E-state index is 10.7. The predicted octanol–water partition coefficient (Wildman–Crippen LogP) is 2.70. The summed E-state index contributed by atoms with van der Waals surface area (Å²) in [6, 6.07) is 18.8. The number of hydrogen-bond acceptors (Lipinski definition) is 1. The Kier molecular flexibility index (Phi) is 4.13. The summed E-state index contributed by atoms with van der Waals surface area (Å²) in [6.45, 7) is 0. The lowest BCUT2D eigenvalue weighted by atomic mass is 10.0. The van der Waals surface area contributed by atoms with Gasteiger partial charge in [0.2, 0.25) is 5.91 Å². The Labute approximate surface area is 107 Å². The summed E-state index contributed by atoms with van der Waals surface area (Å²) in [4.78, 5) is 10.7. The highest BCUT2D eigenvalue weighted by Crippen LogP contribution is 2.11. The SMILES string of the molecule is NC(=O)CCc1ccc(Cc2ccccc2)cc1. The largest absolute Gasteiger partial charge is 0.370 e. The molecule has 2 nitrogen and oxygen atoms in total. The van der Waals surface area contributed by atoms with E-state index in [0.717, 1.165) is 18.4 Å². The number of hydrogen-bond donors (Lipinski definition) is 1. The third-order valence-electron chi connectivity index (χ3n) is 2.93. The molecule has 0 atom stereocenters. The molecule has 92 valence electrons. The van der Waals surface area contributed by atoms with Crippen LogP contribution in [0.3, 0.4) is 0 Å². The molecular formula is C16H17NO. The summed E-state index contributed by atoms with van der Waals surface area (Å²) in [5, 5.41) is 0. The van der Waals surface area contributed by atoms with Crippen LogP contribution in [-0.4, -0.2) is 5.91 Å². The zero-order chi connectivity index (χ0) is 12.8. The standard InChI is InChI=1S/C16H17NO/c17-16(18)11-10-13-6-8-15(9-7-13)12-14-4-2-1-3-5-14/h1-9H,10-12H2,(H2,17,18). The molecule has 1 amide bonds. The number of rotatable bonds is 5. The van der Waals surface area contributed by atoms with Gasteiger partial charge in [0.25, 0.3) is 0 Å². The lowest BCUT2D eigenvalue weighted by molar-refractivity contribution is -0.117. The lowest BCUT2D eigenvalue weighted by Crippen LogP contribution is -2.11. The van der Waals surface area contributed by atoms with Crippen LogP contribution in [0.5, 0.6) is 0 Å². The van der Waals surface area contributed by atoms with E-state index in [1.165, 1.54) is 11.1 Å². The van der Waals surface area contributed by atoms with Crippen LogP contribution >= 0.6 is 0 Å². The number of primary amides is 1. The topological polar surface area (TPSA) is 43.1 Å². The Bertz CT molecular complexity index is 502. The van der Waals surface area contributed by atoms with Crippen LogP contribution in [0.2, 0.25) is 0 Å². The number of carbonyl (C=O) groups excluding carboxylic acids is 1. The predicted molar refractivity (Wildman–Crippen MR) is 73.2 cm³/mol. The van der Waals surface area contributed by atoms with Crippen LogP contribution in [0.1, 0.15) is 23.1 Å². The van der Waals surface area contributed by atoms with E-state index in [0.29, 0.717) is 6.42 Å². The molecule has 0 aliphatic carbocycles. The molecule has 18 heavy (non-hydrogen) atoms. The molecular weight excluding hydrogens is 222 g/mol. The number of amides is 1. The Morgan fingerprint density at radius 1 is 0.833 bits per heavy atom. The zero-order valence-corrected chi connectivity index (χ0v) is 10.3. The second-order valence-corrected chi connectivity index (χ2v) is 4.45. The molecule has 0 aliphatic heterocycles. The minimum atomic E-state index is -0.247. The summed E-state index contributed by atoms with van der Waals surface area (Å²) in [7, 11) is 0. The molecule has 0 fully saturated rings. The average molecular weight is 239 g/mol. The highest BCUT2D eigenvalue weighted by Gasteiger charge is 1.99. The Balaban J connectivity index is 1.97. The van der Waals surface area contributed by atoms with Gasteiger partial charge in [-0.2, -0.15) is 0 Å². The van der Waals surface area contributed by atoms with Gasteiger partial charge >= 0.3 is 0 Å². The molecule has 0 heterocycles. The molecule has 0 aromatic heterocycles. The first-order chi connectivity index (χ1) is 8.74. The van der Waals surface area contributed by atoms with E-state index in [1.54, 1.807) is 0 Å². The molecule has 2 N–H and O–H groups in total. The molecule has 0 radical (unpaired) electrons. The fraction of sp³-hybridized carbons (Fsp3) is 0.188. The third kappa shape index (κ3) is 3.74. The molecule has 0 saturated carbocycles. The highest BCUT2D eigenvalue weighted by molar-refractivity contribution is 5.73. The Morgan fingerprint density at radius 3 is 2.00 bits per heavy atom. The Hall–Kier alpha value is -2.09. The van der Waals surface area contributed by atoms with Gasteiger partial charge in [0.1, 0.15) is 0 Å². The summed E-state index contributed by atoms with van der Waals surface area (Å²) < 4.78 is 0. The van der Waals surface area contributed by atoms with Gasteiger partial charge in [-0.25, -0.2) is 0 Å².